The highest BCUT2D eigenvalue weighted by molar-refractivity contribution is 7.89. The number of hydrogen-bond donors (Lipinski definition) is 1. The molecule has 3 rings (SSSR count). The van der Waals surface area contributed by atoms with Crippen LogP contribution in [0.3, 0.4) is 0 Å². The number of nitrogens with one attached hydrogen (secondary N) is 1. The van der Waals surface area contributed by atoms with Gasteiger partial charge in [-0.05, 0) is 62.1 Å². The second-order valence-corrected chi connectivity index (χ2v) is 9.53. The number of sulfonamides is 1. The number of aryl methyl sites for hydroxylation is 1. The van der Waals surface area contributed by atoms with Gasteiger partial charge in [-0.15, -0.1) is 0 Å². The van der Waals surface area contributed by atoms with Crippen molar-refractivity contribution in [1.82, 2.24) is 9.21 Å². The van der Waals surface area contributed by atoms with E-state index >= 15 is 0 Å². The number of nitrogens with zero attached hydrogens (tertiary/aromatic N) is 2. The van der Waals surface area contributed by atoms with E-state index in [4.69, 9.17) is 0 Å². The first-order chi connectivity index (χ1) is 14.2. The lowest BCUT2D eigenvalue weighted by Crippen LogP contribution is -2.35. The number of rotatable bonds is 6. The molecule has 2 aromatic rings. The van der Waals surface area contributed by atoms with Crippen molar-refractivity contribution in [3.63, 3.8) is 0 Å². The predicted octanol–water partition coefficient (Wildman–Crippen LogP) is 2.80. The quantitative estimate of drug-likeness (QED) is 0.765. The Bertz CT molecular complexity index is 1060. The van der Waals surface area contributed by atoms with E-state index in [1.807, 2.05) is 32.0 Å². The van der Waals surface area contributed by atoms with Crippen LogP contribution in [-0.2, 0) is 14.8 Å². The molecule has 0 bridgehead atoms. The van der Waals surface area contributed by atoms with Crippen LogP contribution in [0.15, 0.2) is 47.4 Å². The van der Waals surface area contributed by atoms with Gasteiger partial charge in [0.25, 0.3) is 5.91 Å². The normalized spacial score (nSPS) is 14.5. The van der Waals surface area contributed by atoms with Gasteiger partial charge in [0, 0.05) is 31.4 Å². The highest BCUT2D eigenvalue weighted by Gasteiger charge is 2.28. The molecule has 30 heavy (non-hydrogen) atoms. The first-order valence-electron chi connectivity index (χ1n) is 9.92. The summed E-state index contributed by atoms with van der Waals surface area (Å²) < 4.78 is 27.0. The van der Waals surface area contributed by atoms with Crippen LogP contribution in [0.2, 0.25) is 0 Å². The molecule has 0 saturated carbocycles. The Kier molecular flexibility index (Phi) is 6.58. The summed E-state index contributed by atoms with van der Waals surface area (Å²) in [4.78, 5) is 26.6. The third-order valence-electron chi connectivity index (χ3n) is 5.39. The van der Waals surface area contributed by atoms with Crippen molar-refractivity contribution in [3.8, 4) is 0 Å². The molecule has 1 fully saturated rings. The van der Waals surface area contributed by atoms with Gasteiger partial charge in [-0.2, -0.15) is 4.31 Å². The number of amides is 2. The number of carbonyl (C=O) groups is 2. The summed E-state index contributed by atoms with van der Waals surface area (Å²) in [5.41, 5.74) is 2.98. The minimum absolute atomic E-state index is 0.100. The fourth-order valence-corrected chi connectivity index (χ4v) is 5.01. The van der Waals surface area contributed by atoms with E-state index in [9.17, 15) is 18.0 Å². The number of likely N-dealkylation sites (N-methyl/N-ethyl adjacent to an activating group) is 1. The largest absolute Gasteiger partial charge is 0.332 e. The van der Waals surface area contributed by atoms with Gasteiger partial charge in [0.1, 0.15) is 0 Å². The molecule has 1 aliphatic heterocycles. The summed E-state index contributed by atoms with van der Waals surface area (Å²) in [5, 5.41) is 2.83. The summed E-state index contributed by atoms with van der Waals surface area (Å²) in [6.45, 7) is 4.74. The molecular formula is C22H27N3O4S. The summed E-state index contributed by atoms with van der Waals surface area (Å²) in [5.74, 6) is -0.732. The topological polar surface area (TPSA) is 86.8 Å². The minimum Gasteiger partial charge on any atom is -0.332 e. The van der Waals surface area contributed by atoms with Crippen molar-refractivity contribution in [1.29, 1.82) is 0 Å². The monoisotopic (exact) mass is 429 g/mol. The highest BCUT2D eigenvalue weighted by Crippen LogP contribution is 2.22. The van der Waals surface area contributed by atoms with E-state index in [1.165, 1.54) is 28.4 Å². The van der Waals surface area contributed by atoms with Crippen LogP contribution in [0.25, 0.3) is 0 Å². The van der Waals surface area contributed by atoms with Gasteiger partial charge in [-0.25, -0.2) is 8.42 Å². The zero-order valence-electron chi connectivity index (χ0n) is 17.5. The molecule has 160 valence electrons. The van der Waals surface area contributed by atoms with E-state index in [0.717, 1.165) is 24.0 Å². The third-order valence-corrected chi connectivity index (χ3v) is 7.28. The molecule has 0 spiro atoms. The Morgan fingerprint density at radius 1 is 1.07 bits per heavy atom. The molecule has 1 saturated heterocycles. The average Bonchev–Trinajstić information content (AvgIpc) is 3.26. The number of anilines is 1. The van der Waals surface area contributed by atoms with E-state index < -0.39 is 15.9 Å². The maximum atomic E-state index is 12.8. The average molecular weight is 430 g/mol. The highest BCUT2D eigenvalue weighted by atomic mass is 32.2. The molecular weight excluding hydrogens is 402 g/mol. The van der Waals surface area contributed by atoms with Crippen LogP contribution in [0, 0.1) is 13.8 Å². The molecule has 1 heterocycles. The Labute approximate surface area is 177 Å². The Morgan fingerprint density at radius 2 is 1.73 bits per heavy atom. The third kappa shape index (κ3) is 4.71. The zero-order valence-corrected chi connectivity index (χ0v) is 18.3. The lowest BCUT2D eigenvalue weighted by atomic mass is 10.1. The predicted molar refractivity (Wildman–Crippen MR) is 116 cm³/mol. The number of benzene rings is 2. The van der Waals surface area contributed by atoms with Gasteiger partial charge in [-0.3, -0.25) is 9.59 Å². The molecule has 0 aliphatic carbocycles. The molecule has 1 aliphatic rings. The molecule has 8 heteroatoms. The summed E-state index contributed by atoms with van der Waals surface area (Å²) in [7, 11) is -2.09. The number of carbonyl (C=O) groups excluding carboxylic acids is 2. The van der Waals surface area contributed by atoms with Crippen molar-refractivity contribution in [2.45, 2.75) is 31.6 Å². The molecule has 2 amide bonds. The summed E-state index contributed by atoms with van der Waals surface area (Å²) >= 11 is 0. The molecule has 1 N–H and O–H groups in total. The minimum atomic E-state index is -3.61. The van der Waals surface area contributed by atoms with Crippen molar-refractivity contribution in [3.05, 3.63) is 59.2 Å². The van der Waals surface area contributed by atoms with E-state index in [2.05, 4.69) is 5.32 Å². The molecule has 0 unspecified atom stereocenters. The fraction of sp³-hybridized carbons (Fsp3) is 0.364. The van der Waals surface area contributed by atoms with Crippen molar-refractivity contribution in [2.75, 3.05) is 32.0 Å². The van der Waals surface area contributed by atoms with Crippen LogP contribution in [-0.4, -0.2) is 56.1 Å². The van der Waals surface area contributed by atoms with E-state index in [-0.39, 0.29) is 22.9 Å². The van der Waals surface area contributed by atoms with Gasteiger partial charge in [-0.1, -0.05) is 18.2 Å². The molecule has 2 aromatic carbocycles. The van der Waals surface area contributed by atoms with Crippen LogP contribution in [0.1, 0.15) is 34.3 Å². The van der Waals surface area contributed by atoms with E-state index in [0.29, 0.717) is 18.8 Å². The summed E-state index contributed by atoms with van der Waals surface area (Å²) in [6, 6.07) is 11.6. The standard InChI is InChI=1S/C22H27N3O4S/c1-16-8-6-11-20(17(16)2)23-21(26)15-24(3)22(27)18-9-7-10-19(14-18)30(28,29)25-12-4-5-13-25/h6-11,14H,4-5,12-13,15H2,1-3H3,(H,23,26). The lowest BCUT2D eigenvalue weighted by molar-refractivity contribution is -0.116. The van der Waals surface area contributed by atoms with Gasteiger partial charge in [0.2, 0.25) is 15.9 Å². The van der Waals surface area contributed by atoms with Crippen LogP contribution in [0.5, 0.6) is 0 Å². The molecule has 0 radical (unpaired) electrons. The van der Waals surface area contributed by atoms with Crippen LogP contribution >= 0.6 is 0 Å². The first kappa shape index (κ1) is 22.0. The maximum absolute atomic E-state index is 12.8. The van der Waals surface area contributed by atoms with Gasteiger partial charge >= 0.3 is 0 Å². The Balaban J connectivity index is 1.70. The maximum Gasteiger partial charge on any atom is 0.254 e. The van der Waals surface area contributed by atoms with Gasteiger partial charge < -0.3 is 10.2 Å². The second-order valence-electron chi connectivity index (χ2n) is 7.60. The van der Waals surface area contributed by atoms with E-state index in [1.54, 1.807) is 12.1 Å². The second kappa shape index (κ2) is 8.97. The van der Waals surface area contributed by atoms with Gasteiger partial charge in [0.05, 0.1) is 11.4 Å². The fourth-order valence-electron chi connectivity index (χ4n) is 3.45. The Hall–Kier alpha value is -2.71. The summed E-state index contributed by atoms with van der Waals surface area (Å²) in [6.07, 6.45) is 1.69. The van der Waals surface area contributed by atoms with Gasteiger partial charge in [0.15, 0.2) is 0 Å². The smallest absolute Gasteiger partial charge is 0.254 e. The zero-order chi connectivity index (χ0) is 21.9. The van der Waals surface area contributed by atoms with Crippen molar-refractivity contribution in [2.24, 2.45) is 0 Å². The lowest BCUT2D eigenvalue weighted by Gasteiger charge is -2.19. The number of hydrogen-bond acceptors (Lipinski definition) is 4. The van der Waals surface area contributed by atoms with Crippen molar-refractivity contribution >= 4 is 27.5 Å². The molecule has 7 nitrogen and oxygen atoms in total. The molecule has 0 aromatic heterocycles. The molecule has 0 atom stereocenters. The van der Waals surface area contributed by atoms with Crippen LogP contribution in [0.4, 0.5) is 5.69 Å². The van der Waals surface area contributed by atoms with Crippen molar-refractivity contribution < 1.29 is 18.0 Å². The Morgan fingerprint density at radius 3 is 2.43 bits per heavy atom. The first-order valence-corrected chi connectivity index (χ1v) is 11.4. The SMILES string of the molecule is Cc1cccc(NC(=O)CN(C)C(=O)c2cccc(S(=O)(=O)N3CCCC3)c2)c1C. The van der Waals surface area contributed by atoms with Crippen LogP contribution < -0.4 is 5.32 Å².